The molecular formula is C16H29N3O2. The van der Waals surface area contributed by atoms with Gasteiger partial charge in [-0.2, -0.15) is 0 Å². The van der Waals surface area contributed by atoms with Crippen molar-refractivity contribution < 1.29 is 9.59 Å². The Hall–Kier alpha value is -1.10. The van der Waals surface area contributed by atoms with Gasteiger partial charge in [-0.3, -0.25) is 9.59 Å². The summed E-state index contributed by atoms with van der Waals surface area (Å²) >= 11 is 0. The van der Waals surface area contributed by atoms with Gasteiger partial charge in [-0.15, -0.1) is 0 Å². The number of likely N-dealkylation sites (N-methyl/N-ethyl adjacent to an activating group) is 1. The monoisotopic (exact) mass is 295 g/mol. The Morgan fingerprint density at radius 3 is 2.62 bits per heavy atom. The van der Waals surface area contributed by atoms with E-state index in [1.165, 1.54) is 12.8 Å². The van der Waals surface area contributed by atoms with E-state index < -0.39 is 0 Å². The lowest BCUT2D eigenvalue weighted by Crippen LogP contribution is -2.45. The molecule has 0 radical (unpaired) electrons. The lowest BCUT2D eigenvalue weighted by molar-refractivity contribution is -0.142. The smallest absolute Gasteiger partial charge is 0.244 e. The van der Waals surface area contributed by atoms with Gasteiger partial charge in [-0.25, -0.2) is 0 Å². The van der Waals surface area contributed by atoms with Crippen molar-refractivity contribution in [3.05, 3.63) is 0 Å². The minimum atomic E-state index is -0.235. The average Bonchev–Trinajstić information content (AvgIpc) is 2.93. The maximum absolute atomic E-state index is 12.4. The fraction of sp³-hybridized carbons (Fsp3) is 0.875. The summed E-state index contributed by atoms with van der Waals surface area (Å²) in [5, 5.41) is 0. The Morgan fingerprint density at radius 1 is 1.19 bits per heavy atom. The van der Waals surface area contributed by atoms with E-state index in [4.69, 9.17) is 5.73 Å². The van der Waals surface area contributed by atoms with Gasteiger partial charge in [0.1, 0.15) is 6.04 Å². The molecule has 2 aliphatic rings. The normalized spacial score (nSPS) is 29.5. The summed E-state index contributed by atoms with van der Waals surface area (Å²) in [6.07, 6.45) is 7.78. The van der Waals surface area contributed by atoms with Crippen molar-refractivity contribution in [2.45, 2.75) is 63.5 Å². The molecule has 120 valence electrons. The highest BCUT2D eigenvalue weighted by Gasteiger charge is 2.34. The van der Waals surface area contributed by atoms with E-state index in [1.807, 2.05) is 0 Å². The molecule has 3 unspecified atom stereocenters. The molecule has 5 heteroatoms. The number of nitrogens with two attached hydrogens (primary N) is 1. The Bertz CT molecular complexity index is 384. The third-order valence-electron chi connectivity index (χ3n) is 4.89. The first-order chi connectivity index (χ1) is 9.99. The molecule has 1 saturated heterocycles. The predicted molar refractivity (Wildman–Crippen MR) is 82.6 cm³/mol. The zero-order valence-electron chi connectivity index (χ0n) is 13.4. The molecule has 2 N–H and O–H groups in total. The minimum absolute atomic E-state index is 0.0561. The van der Waals surface area contributed by atoms with E-state index in [-0.39, 0.29) is 17.9 Å². The average molecular weight is 295 g/mol. The highest BCUT2D eigenvalue weighted by molar-refractivity contribution is 5.88. The van der Waals surface area contributed by atoms with E-state index in [9.17, 15) is 9.59 Å². The SMILES string of the molecule is CN(C)C(=O)C1CCCN1C(=O)CCC1CCCC(N)C1. The molecule has 0 aromatic heterocycles. The molecule has 0 spiro atoms. The zero-order chi connectivity index (χ0) is 15.4. The third kappa shape index (κ3) is 4.19. The fourth-order valence-corrected chi connectivity index (χ4v) is 3.69. The summed E-state index contributed by atoms with van der Waals surface area (Å²) in [5.74, 6) is 0.788. The van der Waals surface area contributed by atoms with Gasteiger partial charge in [-0.1, -0.05) is 12.8 Å². The van der Waals surface area contributed by atoms with Gasteiger partial charge in [0.2, 0.25) is 11.8 Å². The van der Waals surface area contributed by atoms with Crippen molar-refractivity contribution in [3.8, 4) is 0 Å². The van der Waals surface area contributed by atoms with Crippen molar-refractivity contribution in [3.63, 3.8) is 0 Å². The number of hydrogen-bond donors (Lipinski definition) is 1. The highest BCUT2D eigenvalue weighted by Crippen LogP contribution is 2.28. The van der Waals surface area contributed by atoms with E-state index >= 15 is 0 Å². The van der Waals surface area contributed by atoms with E-state index in [0.717, 1.165) is 38.6 Å². The van der Waals surface area contributed by atoms with Crippen LogP contribution in [0.25, 0.3) is 0 Å². The van der Waals surface area contributed by atoms with Crippen LogP contribution >= 0.6 is 0 Å². The van der Waals surface area contributed by atoms with Crippen LogP contribution in [0.5, 0.6) is 0 Å². The minimum Gasteiger partial charge on any atom is -0.347 e. The van der Waals surface area contributed by atoms with Gasteiger partial charge in [0.25, 0.3) is 0 Å². The Balaban J connectivity index is 1.83. The maximum atomic E-state index is 12.4. The molecule has 0 aromatic rings. The Morgan fingerprint density at radius 2 is 1.95 bits per heavy atom. The largest absolute Gasteiger partial charge is 0.347 e. The second kappa shape index (κ2) is 7.25. The molecule has 1 saturated carbocycles. The summed E-state index contributed by atoms with van der Waals surface area (Å²) in [6, 6.07) is 0.0785. The van der Waals surface area contributed by atoms with E-state index in [2.05, 4.69) is 0 Å². The van der Waals surface area contributed by atoms with Crippen LogP contribution in [0.15, 0.2) is 0 Å². The summed E-state index contributed by atoms with van der Waals surface area (Å²) in [4.78, 5) is 27.9. The Kier molecular flexibility index (Phi) is 5.62. The van der Waals surface area contributed by atoms with Crippen LogP contribution in [0, 0.1) is 5.92 Å². The molecule has 1 aliphatic carbocycles. The summed E-state index contributed by atoms with van der Waals surface area (Å²) < 4.78 is 0. The van der Waals surface area contributed by atoms with Crippen LogP contribution in [0.2, 0.25) is 0 Å². The molecule has 1 aliphatic heterocycles. The van der Waals surface area contributed by atoms with Crippen LogP contribution in [0.4, 0.5) is 0 Å². The zero-order valence-corrected chi connectivity index (χ0v) is 13.4. The summed E-state index contributed by atoms with van der Waals surface area (Å²) in [5.41, 5.74) is 6.00. The predicted octanol–water partition coefficient (Wildman–Crippen LogP) is 1.36. The molecule has 2 rings (SSSR count). The maximum Gasteiger partial charge on any atom is 0.244 e. The lowest BCUT2D eigenvalue weighted by atomic mass is 9.83. The summed E-state index contributed by atoms with van der Waals surface area (Å²) in [6.45, 7) is 0.729. The number of hydrogen-bond acceptors (Lipinski definition) is 3. The molecule has 3 atom stereocenters. The van der Waals surface area contributed by atoms with E-state index in [0.29, 0.717) is 18.4 Å². The molecule has 2 fully saturated rings. The Labute approximate surface area is 127 Å². The van der Waals surface area contributed by atoms with Crippen molar-refractivity contribution in [2.75, 3.05) is 20.6 Å². The van der Waals surface area contributed by atoms with Crippen molar-refractivity contribution in [2.24, 2.45) is 11.7 Å². The third-order valence-corrected chi connectivity index (χ3v) is 4.89. The fourth-order valence-electron chi connectivity index (χ4n) is 3.69. The van der Waals surface area contributed by atoms with Gasteiger partial charge in [0.15, 0.2) is 0 Å². The number of carbonyl (C=O) groups is 2. The highest BCUT2D eigenvalue weighted by atomic mass is 16.2. The number of carbonyl (C=O) groups excluding carboxylic acids is 2. The van der Waals surface area contributed by atoms with Gasteiger partial charge in [0.05, 0.1) is 0 Å². The first-order valence-electron chi connectivity index (χ1n) is 8.25. The number of likely N-dealkylation sites (tertiary alicyclic amines) is 1. The number of nitrogens with zero attached hydrogens (tertiary/aromatic N) is 2. The topological polar surface area (TPSA) is 66.6 Å². The van der Waals surface area contributed by atoms with Crippen LogP contribution in [-0.4, -0.2) is 54.3 Å². The first kappa shape index (κ1) is 16.3. The van der Waals surface area contributed by atoms with Gasteiger partial charge < -0.3 is 15.5 Å². The molecule has 5 nitrogen and oxygen atoms in total. The van der Waals surface area contributed by atoms with Gasteiger partial charge in [-0.05, 0) is 38.0 Å². The number of amides is 2. The number of rotatable bonds is 4. The molecule has 0 aromatic carbocycles. The van der Waals surface area contributed by atoms with Gasteiger partial charge >= 0.3 is 0 Å². The second-order valence-corrected chi connectivity index (χ2v) is 6.81. The standard InChI is InChI=1S/C16H29N3O2/c1-18(2)16(21)14-7-4-10-19(14)15(20)9-8-12-5-3-6-13(17)11-12/h12-14H,3-11,17H2,1-2H3. The van der Waals surface area contributed by atoms with Crippen LogP contribution in [0.1, 0.15) is 51.4 Å². The van der Waals surface area contributed by atoms with Crippen molar-refractivity contribution in [1.29, 1.82) is 0 Å². The second-order valence-electron chi connectivity index (χ2n) is 6.81. The first-order valence-corrected chi connectivity index (χ1v) is 8.25. The van der Waals surface area contributed by atoms with E-state index in [1.54, 1.807) is 23.9 Å². The molecule has 0 bridgehead atoms. The molecule has 21 heavy (non-hydrogen) atoms. The quantitative estimate of drug-likeness (QED) is 0.851. The molecule has 1 heterocycles. The summed E-state index contributed by atoms with van der Waals surface area (Å²) in [7, 11) is 3.51. The van der Waals surface area contributed by atoms with Crippen LogP contribution in [-0.2, 0) is 9.59 Å². The van der Waals surface area contributed by atoms with Gasteiger partial charge in [0, 0.05) is 33.1 Å². The van der Waals surface area contributed by atoms with Crippen molar-refractivity contribution in [1.82, 2.24) is 9.80 Å². The molecule has 2 amide bonds. The lowest BCUT2D eigenvalue weighted by Gasteiger charge is -2.29. The van der Waals surface area contributed by atoms with Crippen LogP contribution in [0.3, 0.4) is 0 Å². The van der Waals surface area contributed by atoms with Crippen LogP contribution < -0.4 is 5.73 Å². The molecular weight excluding hydrogens is 266 g/mol. The van der Waals surface area contributed by atoms with Crippen molar-refractivity contribution >= 4 is 11.8 Å².